The molecule has 1 aliphatic heterocycles. The average molecular weight is 153 g/mol. The fourth-order valence-electron chi connectivity index (χ4n) is 3.01. The number of nitrogens with zero attached hydrogens (tertiary/aromatic N) is 1. The van der Waals surface area contributed by atoms with Crippen molar-refractivity contribution in [2.24, 2.45) is 5.92 Å². The van der Waals surface area contributed by atoms with Gasteiger partial charge in [0, 0.05) is 5.54 Å². The van der Waals surface area contributed by atoms with E-state index in [4.69, 9.17) is 0 Å². The Hall–Kier alpha value is -0.0400. The Bertz CT molecular complexity index is 155. The summed E-state index contributed by atoms with van der Waals surface area (Å²) in [6.45, 7) is 3.74. The molecule has 11 heavy (non-hydrogen) atoms. The summed E-state index contributed by atoms with van der Waals surface area (Å²) in [4.78, 5) is 2.61. The zero-order chi connectivity index (χ0) is 7.90. The molecule has 2 fully saturated rings. The van der Waals surface area contributed by atoms with Gasteiger partial charge in [0.2, 0.25) is 0 Å². The van der Waals surface area contributed by atoms with Crippen LogP contribution < -0.4 is 0 Å². The van der Waals surface area contributed by atoms with Crippen LogP contribution >= 0.6 is 0 Å². The van der Waals surface area contributed by atoms with Crippen molar-refractivity contribution in [1.82, 2.24) is 4.90 Å². The lowest BCUT2D eigenvalue weighted by atomic mass is 9.93. The second-order valence-corrected chi connectivity index (χ2v) is 4.60. The standard InChI is InChI=1S/C10H19N/c1-9-4-6-10(8-9)5-3-7-11(10)2/h9H,3-8H2,1-2H3/t9-,10-/m1/s1. The summed E-state index contributed by atoms with van der Waals surface area (Å²) in [6, 6.07) is 0. The maximum absolute atomic E-state index is 2.61. The Morgan fingerprint density at radius 1 is 1.36 bits per heavy atom. The smallest absolute Gasteiger partial charge is 0.0209 e. The van der Waals surface area contributed by atoms with Crippen LogP contribution in [0.5, 0.6) is 0 Å². The molecule has 1 spiro atoms. The number of likely N-dealkylation sites (tertiary alicyclic amines) is 1. The molecule has 0 aromatic carbocycles. The Balaban J connectivity index is 2.10. The van der Waals surface area contributed by atoms with Crippen LogP contribution in [-0.4, -0.2) is 24.0 Å². The van der Waals surface area contributed by atoms with E-state index >= 15 is 0 Å². The lowest BCUT2D eigenvalue weighted by Crippen LogP contribution is -2.38. The fourth-order valence-corrected chi connectivity index (χ4v) is 3.01. The molecule has 1 heterocycles. The molecule has 1 nitrogen and oxygen atoms in total. The summed E-state index contributed by atoms with van der Waals surface area (Å²) >= 11 is 0. The van der Waals surface area contributed by atoms with Gasteiger partial charge in [-0.1, -0.05) is 6.92 Å². The Labute approximate surface area is 69.8 Å². The van der Waals surface area contributed by atoms with E-state index in [9.17, 15) is 0 Å². The first-order chi connectivity index (χ1) is 5.23. The highest BCUT2D eigenvalue weighted by molar-refractivity contribution is 4.99. The van der Waals surface area contributed by atoms with Crippen LogP contribution in [0.2, 0.25) is 0 Å². The lowest BCUT2D eigenvalue weighted by molar-refractivity contribution is 0.175. The minimum atomic E-state index is 0.652. The van der Waals surface area contributed by atoms with Gasteiger partial charge in [-0.15, -0.1) is 0 Å². The molecule has 0 radical (unpaired) electrons. The van der Waals surface area contributed by atoms with Crippen LogP contribution in [0.15, 0.2) is 0 Å². The predicted molar refractivity (Wildman–Crippen MR) is 47.6 cm³/mol. The third-order valence-electron chi connectivity index (χ3n) is 3.78. The van der Waals surface area contributed by atoms with Gasteiger partial charge in [0.05, 0.1) is 0 Å². The van der Waals surface area contributed by atoms with Gasteiger partial charge in [-0.3, -0.25) is 0 Å². The zero-order valence-electron chi connectivity index (χ0n) is 7.77. The molecule has 0 bridgehead atoms. The van der Waals surface area contributed by atoms with E-state index in [1.165, 1.54) is 38.6 Å². The quantitative estimate of drug-likeness (QED) is 0.516. The first-order valence-electron chi connectivity index (χ1n) is 4.94. The molecular formula is C10H19N. The average Bonchev–Trinajstić information content (AvgIpc) is 2.46. The monoisotopic (exact) mass is 153 g/mol. The van der Waals surface area contributed by atoms with Crippen LogP contribution in [0.4, 0.5) is 0 Å². The molecule has 2 rings (SSSR count). The van der Waals surface area contributed by atoms with Gasteiger partial charge in [-0.2, -0.15) is 0 Å². The van der Waals surface area contributed by atoms with E-state index in [2.05, 4.69) is 18.9 Å². The third-order valence-corrected chi connectivity index (χ3v) is 3.78. The summed E-state index contributed by atoms with van der Waals surface area (Å²) in [6.07, 6.45) is 7.29. The van der Waals surface area contributed by atoms with Crippen molar-refractivity contribution in [2.45, 2.75) is 44.6 Å². The normalized spacial score (nSPS) is 45.8. The van der Waals surface area contributed by atoms with Crippen molar-refractivity contribution in [2.75, 3.05) is 13.6 Å². The van der Waals surface area contributed by atoms with Crippen molar-refractivity contribution in [3.63, 3.8) is 0 Å². The molecule has 64 valence electrons. The second kappa shape index (κ2) is 2.48. The molecule has 0 aromatic heterocycles. The molecular weight excluding hydrogens is 134 g/mol. The maximum Gasteiger partial charge on any atom is 0.0209 e. The van der Waals surface area contributed by atoms with Crippen LogP contribution in [-0.2, 0) is 0 Å². The van der Waals surface area contributed by atoms with Crippen molar-refractivity contribution in [3.8, 4) is 0 Å². The van der Waals surface area contributed by atoms with E-state index < -0.39 is 0 Å². The summed E-state index contributed by atoms with van der Waals surface area (Å²) in [5, 5.41) is 0. The molecule has 1 heteroatoms. The second-order valence-electron chi connectivity index (χ2n) is 4.60. The van der Waals surface area contributed by atoms with Gasteiger partial charge in [0.25, 0.3) is 0 Å². The molecule has 0 amide bonds. The number of hydrogen-bond donors (Lipinski definition) is 0. The molecule has 2 atom stereocenters. The van der Waals surface area contributed by atoms with Crippen molar-refractivity contribution < 1.29 is 0 Å². The number of rotatable bonds is 0. The summed E-state index contributed by atoms with van der Waals surface area (Å²) < 4.78 is 0. The van der Waals surface area contributed by atoms with E-state index in [1.807, 2.05) is 0 Å². The summed E-state index contributed by atoms with van der Waals surface area (Å²) in [5.41, 5.74) is 0.652. The Morgan fingerprint density at radius 3 is 2.64 bits per heavy atom. The molecule has 0 unspecified atom stereocenters. The van der Waals surface area contributed by atoms with Gasteiger partial charge in [0.15, 0.2) is 0 Å². The molecule has 1 aliphatic carbocycles. The minimum absolute atomic E-state index is 0.652. The molecule has 1 saturated heterocycles. The Morgan fingerprint density at radius 2 is 2.18 bits per heavy atom. The van der Waals surface area contributed by atoms with E-state index in [0.29, 0.717) is 5.54 Å². The molecule has 2 aliphatic rings. The first-order valence-corrected chi connectivity index (χ1v) is 4.94. The highest BCUT2D eigenvalue weighted by atomic mass is 15.2. The van der Waals surface area contributed by atoms with Crippen molar-refractivity contribution >= 4 is 0 Å². The van der Waals surface area contributed by atoms with Crippen LogP contribution in [0.25, 0.3) is 0 Å². The Kier molecular flexibility index (Phi) is 1.71. The van der Waals surface area contributed by atoms with Gasteiger partial charge in [0.1, 0.15) is 0 Å². The maximum atomic E-state index is 2.61. The first kappa shape index (κ1) is 7.60. The highest BCUT2D eigenvalue weighted by Gasteiger charge is 2.43. The third kappa shape index (κ3) is 1.10. The lowest BCUT2D eigenvalue weighted by Gasteiger charge is -2.32. The van der Waals surface area contributed by atoms with Crippen LogP contribution in [0, 0.1) is 5.92 Å². The zero-order valence-corrected chi connectivity index (χ0v) is 7.77. The van der Waals surface area contributed by atoms with Crippen LogP contribution in [0.3, 0.4) is 0 Å². The summed E-state index contributed by atoms with van der Waals surface area (Å²) in [7, 11) is 2.31. The minimum Gasteiger partial charge on any atom is -0.301 e. The van der Waals surface area contributed by atoms with Crippen molar-refractivity contribution in [3.05, 3.63) is 0 Å². The van der Waals surface area contributed by atoms with Crippen molar-refractivity contribution in [1.29, 1.82) is 0 Å². The predicted octanol–water partition coefficient (Wildman–Crippen LogP) is 2.27. The highest BCUT2D eigenvalue weighted by Crippen LogP contribution is 2.44. The van der Waals surface area contributed by atoms with Crippen LogP contribution in [0.1, 0.15) is 39.0 Å². The van der Waals surface area contributed by atoms with E-state index in [-0.39, 0.29) is 0 Å². The SMILES string of the molecule is C[C@@H]1CC[C@]2(CCCN2C)C1. The molecule has 0 N–H and O–H groups in total. The van der Waals surface area contributed by atoms with Gasteiger partial charge in [-0.25, -0.2) is 0 Å². The van der Waals surface area contributed by atoms with Gasteiger partial charge in [-0.05, 0) is 51.6 Å². The largest absolute Gasteiger partial charge is 0.301 e. The molecule has 1 saturated carbocycles. The van der Waals surface area contributed by atoms with Gasteiger partial charge >= 0.3 is 0 Å². The van der Waals surface area contributed by atoms with Gasteiger partial charge < -0.3 is 4.90 Å². The number of hydrogen-bond acceptors (Lipinski definition) is 1. The molecule has 0 aromatic rings. The summed E-state index contributed by atoms with van der Waals surface area (Å²) in [5.74, 6) is 0.982. The topological polar surface area (TPSA) is 3.24 Å². The van der Waals surface area contributed by atoms with E-state index in [1.54, 1.807) is 0 Å². The van der Waals surface area contributed by atoms with E-state index in [0.717, 1.165) is 5.92 Å². The fraction of sp³-hybridized carbons (Fsp3) is 1.00.